The summed E-state index contributed by atoms with van der Waals surface area (Å²) in [7, 11) is 0. The second kappa shape index (κ2) is 5.39. The van der Waals surface area contributed by atoms with Crippen LogP contribution in [0.3, 0.4) is 0 Å². The molecular formula is C19H15FN2O. The van der Waals surface area contributed by atoms with E-state index in [4.69, 9.17) is 4.42 Å². The molecule has 114 valence electrons. The topological polar surface area (TPSA) is 31.0 Å². The molecule has 0 unspecified atom stereocenters. The van der Waals surface area contributed by atoms with Crippen molar-refractivity contribution in [3.8, 4) is 11.5 Å². The number of hydrogen-bond acceptors (Lipinski definition) is 2. The lowest BCUT2D eigenvalue weighted by molar-refractivity contribution is 0.531. The van der Waals surface area contributed by atoms with Gasteiger partial charge in [0.2, 0.25) is 5.89 Å². The number of para-hydroxylation sites is 1. The summed E-state index contributed by atoms with van der Waals surface area (Å²) in [6.45, 7) is 2.45. The standard InChI is InChI=1S/C19H15FN2O/c1-13-17(12-22-11-10-14-6-2-5-9-18(14)22)21-19(23-13)15-7-3-4-8-16(15)20/h2-11H,12H2,1H3. The van der Waals surface area contributed by atoms with E-state index in [0.29, 0.717) is 23.8 Å². The largest absolute Gasteiger partial charge is 0.441 e. The van der Waals surface area contributed by atoms with E-state index in [1.54, 1.807) is 18.2 Å². The Balaban J connectivity index is 1.72. The third-order valence-electron chi connectivity index (χ3n) is 4.00. The number of rotatable bonds is 3. The van der Waals surface area contributed by atoms with Crippen molar-refractivity contribution in [2.75, 3.05) is 0 Å². The molecule has 0 N–H and O–H groups in total. The first-order chi connectivity index (χ1) is 11.2. The second-order valence-electron chi connectivity index (χ2n) is 5.50. The van der Waals surface area contributed by atoms with Gasteiger partial charge in [0, 0.05) is 11.7 Å². The Morgan fingerprint density at radius 2 is 1.83 bits per heavy atom. The van der Waals surface area contributed by atoms with Gasteiger partial charge < -0.3 is 8.98 Å². The van der Waals surface area contributed by atoms with Crippen LogP contribution >= 0.6 is 0 Å². The smallest absolute Gasteiger partial charge is 0.229 e. The summed E-state index contributed by atoms with van der Waals surface area (Å²) in [6, 6.07) is 16.8. The number of oxazole rings is 1. The molecule has 0 aliphatic rings. The number of aryl methyl sites for hydroxylation is 1. The molecule has 0 spiro atoms. The van der Waals surface area contributed by atoms with Gasteiger partial charge in [0.15, 0.2) is 0 Å². The molecule has 0 saturated carbocycles. The average molecular weight is 306 g/mol. The molecule has 2 aromatic carbocycles. The van der Waals surface area contributed by atoms with Crippen molar-refractivity contribution in [1.82, 2.24) is 9.55 Å². The maximum Gasteiger partial charge on any atom is 0.229 e. The molecule has 0 fully saturated rings. The number of aromatic nitrogens is 2. The molecule has 0 aliphatic heterocycles. The van der Waals surface area contributed by atoms with E-state index in [0.717, 1.165) is 11.2 Å². The SMILES string of the molecule is Cc1oc(-c2ccccc2F)nc1Cn1ccc2ccccc21. The van der Waals surface area contributed by atoms with Crippen LogP contribution in [0.25, 0.3) is 22.4 Å². The highest BCUT2D eigenvalue weighted by atomic mass is 19.1. The molecule has 4 aromatic rings. The zero-order chi connectivity index (χ0) is 15.8. The molecule has 2 aromatic heterocycles. The van der Waals surface area contributed by atoms with Gasteiger partial charge in [0.1, 0.15) is 17.3 Å². The Morgan fingerprint density at radius 1 is 1.04 bits per heavy atom. The quantitative estimate of drug-likeness (QED) is 0.545. The van der Waals surface area contributed by atoms with Crippen LogP contribution in [0.5, 0.6) is 0 Å². The zero-order valence-corrected chi connectivity index (χ0v) is 12.7. The maximum atomic E-state index is 13.9. The van der Waals surface area contributed by atoms with Gasteiger partial charge in [-0.3, -0.25) is 0 Å². The molecule has 0 bridgehead atoms. The lowest BCUT2D eigenvalue weighted by atomic mass is 10.2. The second-order valence-corrected chi connectivity index (χ2v) is 5.50. The molecule has 4 heteroatoms. The molecule has 0 amide bonds. The highest BCUT2D eigenvalue weighted by molar-refractivity contribution is 5.80. The van der Waals surface area contributed by atoms with Crippen LogP contribution in [0.15, 0.2) is 65.2 Å². The lowest BCUT2D eigenvalue weighted by Crippen LogP contribution is -1.99. The summed E-state index contributed by atoms with van der Waals surface area (Å²) >= 11 is 0. The van der Waals surface area contributed by atoms with E-state index in [9.17, 15) is 4.39 Å². The number of halogens is 1. The number of benzene rings is 2. The van der Waals surface area contributed by atoms with Crippen LogP contribution in [0, 0.1) is 12.7 Å². The van der Waals surface area contributed by atoms with Crippen LogP contribution in [-0.2, 0) is 6.54 Å². The van der Waals surface area contributed by atoms with E-state index >= 15 is 0 Å². The molecule has 0 atom stereocenters. The fraction of sp³-hybridized carbons (Fsp3) is 0.105. The monoisotopic (exact) mass is 306 g/mol. The van der Waals surface area contributed by atoms with Crippen LogP contribution in [0.4, 0.5) is 4.39 Å². The van der Waals surface area contributed by atoms with E-state index in [1.165, 1.54) is 11.5 Å². The van der Waals surface area contributed by atoms with Crippen molar-refractivity contribution in [2.24, 2.45) is 0 Å². The minimum absolute atomic E-state index is 0.326. The van der Waals surface area contributed by atoms with Crippen molar-refractivity contribution in [1.29, 1.82) is 0 Å². The lowest BCUT2D eigenvalue weighted by Gasteiger charge is -2.03. The van der Waals surface area contributed by atoms with Gasteiger partial charge in [-0.25, -0.2) is 9.37 Å². The Morgan fingerprint density at radius 3 is 2.70 bits per heavy atom. The van der Waals surface area contributed by atoms with Crippen LogP contribution < -0.4 is 0 Å². The molecule has 23 heavy (non-hydrogen) atoms. The first-order valence-electron chi connectivity index (χ1n) is 7.47. The van der Waals surface area contributed by atoms with Gasteiger partial charge in [-0.2, -0.15) is 0 Å². The van der Waals surface area contributed by atoms with Crippen LogP contribution in [0.1, 0.15) is 11.5 Å². The van der Waals surface area contributed by atoms with Crippen molar-refractivity contribution < 1.29 is 8.81 Å². The summed E-state index contributed by atoms with van der Waals surface area (Å²) in [5.74, 6) is 0.708. The van der Waals surface area contributed by atoms with E-state index in [2.05, 4.69) is 27.8 Å². The van der Waals surface area contributed by atoms with E-state index in [-0.39, 0.29) is 5.82 Å². The molecule has 0 aliphatic carbocycles. The first kappa shape index (κ1) is 13.8. The van der Waals surface area contributed by atoms with E-state index in [1.807, 2.05) is 25.3 Å². The summed E-state index contributed by atoms with van der Waals surface area (Å²) < 4.78 is 21.7. The van der Waals surface area contributed by atoms with Gasteiger partial charge in [-0.05, 0) is 36.6 Å². The molecular weight excluding hydrogens is 291 g/mol. The Kier molecular flexibility index (Phi) is 3.23. The van der Waals surface area contributed by atoms with Crippen molar-refractivity contribution in [2.45, 2.75) is 13.5 Å². The fourth-order valence-electron chi connectivity index (χ4n) is 2.76. The minimum atomic E-state index is -0.327. The number of fused-ring (bicyclic) bond motifs is 1. The first-order valence-corrected chi connectivity index (χ1v) is 7.47. The van der Waals surface area contributed by atoms with Crippen molar-refractivity contribution >= 4 is 10.9 Å². The Hall–Kier alpha value is -2.88. The fourth-order valence-corrected chi connectivity index (χ4v) is 2.76. The Bertz CT molecular complexity index is 984. The normalized spacial score (nSPS) is 11.2. The molecule has 3 nitrogen and oxygen atoms in total. The van der Waals surface area contributed by atoms with Gasteiger partial charge in [0.05, 0.1) is 12.1 Å². The van der Waals surface area contributed by atoms with Crippen molar-refractivity contribution in [3.63, 3.8) is 0 Å². The summed E-state index contributed by atoms with van der Waals surface area (Å²) in [5.41, 5.74) is 2.34. The Labute approximate surface area is 133 Å². The van der Waals surface area contributed by atoms with Gasteiger partial charge >= 0.3 is 0 Å². The van der Waals surface area contributed by atoms with Gasteiger partial charge in [0.25, 0.3) is 0 Å². The van der Waals surface area contributed by atoms with Crippen LogP contribution in [-0.4, -0.2) is 9.55 Å². The summed E-state index contributed by atoms with van der Waals surface area (Å²) in [6.07, 6.45) is 2.03. The minimum Gasteiger partial charge on any atom is -0.441 e. The summed E-state index contributed by atoms with van der Waals surface area (Å²) in [5, 5.41) is 1.18. The zero-order valence-electron chi connectivity index (χ0n) is 12.7. The van der Waals surface area contributed by atoms with Gasteiger partial charge in [-0.15, -0.1) is 0 Å². The van der Waals surface area contributed by atoms with E-state index < -0.39 is 0 Å². The molecule has 0 saturated heterocycles. The van der Waals surface area contributed by atoms with Crippen molar-refractivity contribution in [3.05, 3.63) is 78.1 Å². The molecule has 4 rings (SSSR count). The maximum absolute atomic E-state index is 13.9. The highest BCUT2D eigenvalue weighted by Crippen LogP contribution is 2.25. The predicted octanol–water partition coefficient (Wildman–Crippen LogP) is 4.79. The third kappa shape index (κ3) is 2.42. The van der Waals surface area contributed by atoms with Gasteiger partial charge in [-0.1, -0.05) is 30.3 Å². The number of nitrogens with zero attached hydrogens (tertiary/aromatic N) is 2. The third-order valence-corrected chi connectivity index (χ3v) is 4.00. The summed E-state index contributed by atoms with van der Waals surface area (Å²) in [4.78, 5) is 4.50. The average Bonchev–Trinajstić information content (AvgIpc) is 3.13. The number of hydrogen-bond donors (Lipinski definition) is 0. The highest BCUT2D eigenvalue weighted by Gasteiger charge is 2.15. The molecule has 0 radical (unpaired) electrons. The predicted molar refractivity (Wildman–Crippen MR) is 87.7 cm³/mol. The molecule has 2 heterocycles. The van der Waals surface area contributed by atoms with Crippen LogP contribution in [0.2, 0.25) is 0 Å².